The third-order valence-corrected chi connectivity index (χ3v) is 6.40. The molecule has 2 saturated carbocycles. The Morgan fingerprint density at radius 2 is 2.00 bits per heavy atom. The molecule has 2 bridgehead atoms. The van der Waals surface area contributed by atoms with Gasteiger partial charge in [0.05, 0.1) is 5.69 Å². The van der Waals surface area contributed by atoms with E-state index in [1.54, 1.807) is 0 Å². The third kappa shape index (κ3) is 1.42. The average molecular weight is 272 g/mol. The van der Waals surface area contributed by atoms with Gasteiger partial charge >= 0.3 is 0 Å². The van der Waals surface area contributed by atoms with Crippen LogP contribution in [0, 0.1) is 23.7 Å². The second-order valence-electron chi connectivity index (χ2n) is 7.21. The molecule has 0 saturated heterocycles. The maximum absolute atomic E-state index is 13.0. The van der Waals surface area contributed by atoms with Gasteiger partial charge in [-0.25, -0.2) is 0 Å². The molecular weight excluding hydrogens is 248 g/mol. The standard InChI is InChI=1S/C17H24N2O/c1-10-11(6-5-7-13(10)19-18)14-12-8-9-17(4,15(14)20)16(12,2)3/h5-7,12,14,19H,8-9,18H2,1-4H3. The third-order valence-electron chi connectivity index (χ3n) is 6.40. The van der Waals surface area contributed by atoms with Crippen molar-refractivity contribution in [2.75, 3.05) is 5.43 Å². The van der Waals surface area contributed by atoms with Crippen LogP contribution in [0.25, 0.3) is 0 Å². The summed E-state index contributed by atoms with van der Waals surface area (Å²) >= 11 is 0. The summed E-state index contributed by atoms with van der Waals surface area (Å²) in [6.45, 7) is 8.75. The van der Waals surface area contributed by atoms with Gasteiger partial charge in [0.1, 0.15) is 5.78 Å². The molecule has 2 fully saturated rings. The van der Waals surface area contributed by atoms with E-state index in [1.807, 2.05) is 12.1 Å². The van der Waals surface area contributed by atoms with Crippen LogP contribution in [-0.2, 0) is 4.79 Å². The molecule has 1 aromatic rings. The molecule has 108 valence electrons. The van der Waals surface area contributed by atoms with Crippen LogP contribution in [0.4, 0.5) is 5.69 Å². The summed E-state index contributed by atoms with van der Waals surface area (Å²) < 4.78 is 0. The molecule has 3 nitrogen and oxygen atoms in total. The number of nitrogen functional groups attached to an aromatic ring is 1. The van der Waals surface area contributed by atoms with Crippen LogP contribution in [0.5, 0.6) is 0 Å². The first-order valence-corrected chi connectivity index (χ1v) is 7.45. The summed E-state index contributed by atoms with van der Waals surface area (Å²) in [5, 5.41) is 0. The van der Waals surface area contributed by atoms with Gasteiger partial charge in [0.25, 0.3) is 0 Å². The molecule has 20 heavy (non-hydrogen) atoms. The van der Waals surface area contributed by atoms with Crippen LogP contribution in [0.3, 0.4) is 0 Å². The number of hydrazine groups is 1. The number of nitrogens with one attached hydrogen (secondary N) is 1. The van der Waals surface area contributed by atoms with Gasteiger partial charge in [0, 0.05) is 11.3 Å². The highest BCUT2D eigenvalue weighted by atomic mass is 16.1. The van der Waals surface area contributed by atoms with Crippen molar-refractivity contribution in [2.45, 2.75) is 46.5 Å². The molecule has 0 aromatic heterocycles. The maximum Gasteiger partial charge on any atom is 0.147 e. The summed E-state index contributed by atoms with van der Waals surface area (Å²) in [6.07, 6.45) is 2.19. The van der Waals surface area contributed by atoms with Gasteiger partial charge in [-0.15, -0.1) is 0 Å². The molecule has 2 aliphatic rings. The van der Waals surface area contributed by atoms with Crippen molar-refractivity contribution >= 4 is 11.5 Å². The Kier molecular flexibility index (Phi) is 2.78. The highest BCUT2D eigenvalue weighted by Gasteiger charge is 2.66. The van der Waals surface area contributed by atoms with E-state index < -0.39 is 0 Å². The number of carbonyl (C=O) groups is 1. The van der Waals surface area contributed by atoms with Crippen LogP contribution >= 0.6 is 0 Å². The molecule has 2 aliphatic carbocycles. The van der Waals surface area contributed by atoms with Crippen LogP contribution in [-0.4, -0.2) is 5.78 Å². The van der Waals surface area contributed by atoms with Gasteiger partial charge in [-0.05, 0) is 48.3 Å². The first-order valence-electron chi connectivity index (χ1n) is 7.45. The highest BCUT2D eigenvalue weighted by Crippen LogP contribution is 2.68. The lowest BCUT2D eigenvalue weighted by Gasteiger charge is -2.32. The van der Waals surface area contributed by atoms with E-state index in [9.17, 15) is 4.79 Å². The lowest BCUT2D eigenvalue weighted by atomic mass is 9.70. The highest BCUT2D eigenvalue weighted by molar-refractivity contribution is 5.96. The van der Waals surface area contributed by atoms with E-state index in [2.05, 4.69) is 39.2 Å². The van der Waals surface area contributed by atoms with Crippen molar-refractivity contribution < 1.29 is 4.79 Å². The number of nitrogens with two attached hydrogens (primary N) is 1. The van der Waals surface area contributed by atoms with Crippen molar-refractivity contribution in [1.29, 1.82) is 0 Å². The second kappa shape index (κ2) is 4.08. The molecule has 3 rings (SSSR count). The summed E-state index contributed by atoms with van der Waals surface area (Å²) in [6, 6.07) is 6.05. The Morgan fingerprint density at radius 1 is 1.30 bits per heavy atom. The summed E-state index contributed by atoms with van der Waals surface area (Å²) in [5.74, 6) is 6.49. The molecule has 0 aliphatic heterocycles. The number of hydrogen-bond donors (Lipinski definition) is 2. The van der Waals surface area contributed by atoms with Crippen molar-refractivity contribution in [3.63, 3.8) is 0 Å². The number of benzene rings is 1. The maximum atomic E-state index is 13.0. The summed E-state index contributed by atoms with van der Waals surface area (Å²) in [4.78, 5) is 13.0. The van der Waals surface area contributed by atoms with E-state index in [4.69, 9.17) is 5.84 Å². The zero-order valence-corrected chi connectivity index (χ0v) is 12.8. The van der Waals surface area contributed by atoms with Crippen molar-refractivity contribution in [2.24, 2.45) is 22.6 Å². The Labute approximate surface area is 120 Å². The number of anilines is 1. The smallest absolute Gasteiger partial charge is 0.147 e. The molecule has 0 spiro atoms. The van der Waals surface area contributed by atoms with Crippen molar-refractivity contribution in [3.05, 3.63) is 29.3 Å². The molecule has 1 aromatic carbocycles. The largest absolute Gasteiger partial charge is 0.324 e. The topological polar surface area (TPSA) is 55.1 Å². The first kappa shape index (κ1) is 13.6. The minimum Gasteiger partial charge on any atom is -0.324 e. The fourth-order valence-electron chi connectivity index (χ4n) is 4.59. The molecule has 3 atom stereocenters. The number of fused-ring (bicyclic) bond motifs is 2. The van der Waals surface area contributed by atoms with E-state index >= 15 is 0 Å². The van der Waals surface area contributed by atoms with Gasteiger partial charge in [-0.2, -0.15) is 0 Å². The predicted octanol–water partition coefficient (Wildman–Crippen LogP) is 3.39. The lowest BCUT2D eigenvalue weighted by Crippen LogP contribution is -2.33. The Balaban J connectivity index is 2.12. The summed E-state index contributed by atoms with van der Waals surface area (Å²) in [7, 11) is 0. The Morgan fingerprint density at radius 3 is 2.55 bits per heavy atom. The van der Waals surface area contributed by atoms with Gasteiger partial charge in [-0.3, -0.25) is 10.6 Å². The number of Topliss-reactive ketones (excluding diaryl/α,β-unsaturated/α-hetero) is 1. The molecule has 3 heteroatoms. The van der Waals surface area contributed by atoms with Crippen molar-refractivity contribution in [3.8, 4) is 0 Å². The van der Waals surface area contributed by atoms with E-state index in [1.165, 1.54) is 0 Å². The molecule has 3 unspecified atom stereocenters. The van der Waals surface area contributed by atoms with Crippen LogP contribution in [0.1, 0.15) is 50.7 Å². The molecular formula is C17H24N2O. The number of carbonyl (C=O) groups excluding carboxylic acids is 1. The fraction of sp³-hybridized carbons (Fsp3) is 0.588. The van der Waals surface area contributed by atoms with Crippen molar-refractivity contribution in [1.82, 2.24) is 0 Å². The van der Waals surface area contributed by atoms with Gasteiger partial charge in [0.2, 0.25) is 0 Å². The zero-order chi connectivity index (χ0) is 14.7. The SMILES string of the molecule is Cc1c(NN)cccc1C1C(=O)C2(C)CCC1C2(C)C. The Bertz CT molecular complexity index is 578. The molecule has 0 heterocycles. The van der Waals surface area contributed by atoms with Gasteiger partial charge < -0.3 is 5.43 Å². The monoisotopic (exact) mass is 272 g/mol. The van der Waals surface area contributed by atoms with Gasteiger partial charge in [-0.1, -0.05) is 32.9 Å². The van der Waals surface area contributed by atoms with E-state index in [0.29, 0.717) is 11.7 Å². The molecule has 0 amide bonds. The van der Waals surface area contributed by atoms with Crippen LogP contribution in [0.15, 0.2) is 18.2 Å². The van der Waals surface area contributed by atoms with E-state index in [0.717, 1.165) is 29.7 Å². The number of ketones is 1. The first-order chi connectivity index (χ1) is 9.34. The van der Waals surface area contributed by atoms with E-state index in [-0.39, 0.29) is 16.7 Å². The average Bonchev–Trinajstić information content (AvgIpc) is 2.72. The fourth-order valence-corrected chi connectivity index (χ4v) is 4.59. The Hall–Kier alpha value is -1.35. The predicted molar refractivity (Wildman–Crippen MR) is 81.3 cm³/mol. The number of hydrogen-bond acceptors (Lipinski definition) is 3. The second-order valence-corrected chi connectivity index (χ2v) is 7.21. The summed E-state index contributed by atoms with van der Waals surface area (Å²) in [5.41, 5.74) is 5.85. The molecule has 0 radical (unpaired) electrons. The normalized spacial score (nSPS) is 34.5. The van der Waals surface area contributed by atoms with Gasteiger partial charge in [0.15, 0.2) is 0 Å². The quantitative estimate of drug-likeness (QED) is 0.641. The zero-order valence-electron chi connectivity index (χ0n) is 12.8. The number of rotatable bonds is 2. The van der Waals surface area contributed by atoms with Crippen LogP contribution in [0.2, 0.25) is 0 Å². The van der Waals surface area contributed by atoms with Crippen LogP contribution < -0.4 is 11.3 Å². The minimum atomic E-state index is -0.166. The minimum absolute atomic E-state index is 0.0389. The molecule has 3 N–H and O–H groups in total. The lowest BCUT2D eigenvalue weighted by molar-refractivity contribution is -0.129.